The van der Waals surface area contributed by atoms with E-state index in [-0.39, 0.29) is 23.0 Å². The van der Waals surface area contributed by atoms with Crippen LogP contribution in [-0.2, 0) is 26.2 Å². The maximum Gasteiger partial charge on any atom is 0.264 e. The van der Waals surface area contributed by atoms with Gasteiger partial charge in [-0.1, -0.05) is 72.1 Å². The van der Waals surface area contributed by atoms with Gasteiger partial charge in [0.2, 0.25) is 11.8 Å². The molecule has 7 nitrogen and oxygen atoms in total. The smallest absolute Gasteiger partial charge is 0.264 e. The molecule has 0 fully saturated rings. The van der Waals surface area contributed by atoms with Gasteiger partial charge >= 0.3 is 0 Å². The molecule has 0 aliphatic carbocycles. The lowest BCUT2D eigenvalue weighted by Gasteiger charge is -2.33. The zero-order valence-electron chi connectivity index (χ0n) is 22.4. The number of aryl methyl sites for hydroxylation is 2. The first kappa shape index (κ1) is 30.5. The first-order chi connectivity index (χ1) is 18.5. The van der Waals surface area contributed by atoms with Crippen LogP contribution in [0, 0.1) is 13.8 Å². The summed E-state index contributed by atoms with van der Waals surface area (Å²) < 4.78 is 29.0. The maximum atomic E-state index is 14.0. The van der Waals surface area contributed by atoms with Gasteiger partial charge in [0, 0.05) is 23.1 Å². The van der Waals surface area contributed by atoms with Crippen LogP contribution in [0.15, 0.2) is 71.6 Å². The molecule has 1 N–H and O–H groups in total. The summed E-state index contributed by atoms with van der Waals surface area (Å²) in [5.41, 5.74) is 2.44. The molecule has 0 bridgehead atoms. The lowest BCUT2D eigenvalue weighted by Crippen LogP contribution is -2.52. The van der Waals surface area contributed by atoms with Crippen LogP contribution in [0.3, 0.4) is 0 Å². The molecule has 0 aromatic heterocycles. The van der Waals surface area contributed by atoms with E-state index in [4.69, 9.17) is 23.2 Å². The second-order valence-electron chi connectivity index (χ2n) is 9.19. The molecule has 208 valence electrons. The third-order valence-electron chi connectivity index (χ3n) is 6.36. The number of sulfonamides is 1. The third kappa shape index (κ3) is 7.32. The zero-order valence-corrected chi connectivity index (χ0v) is 24.8. The van der Waals surface area contributed by atoms with E-state index in [1.165, 1.54) is 23.1 Å². The molecule has 39 heavy (non-hydrogen) atoms. The zero-order chi connectivity index (χ0) is 28.7. The Labute approximate surface area is 240 Å². The molecule has 0 heterocycles. The first-order valence-corrected chi connectivity index (χ1v) is 14.8. The molecular formula is C29H33Cl2N3O4S. The van der Waals surface area contributed by atoms with E-state index in [1.807, 2.05) is 6.92 Å². The fourth-order valence-corrected chi connectivity index (χ4v) is 6.06. The summed E-state index contributed by atoms with van der Waals surface area (Å²) >= 11 is 12.7. The average molecular weight is 591 g/mol. The Morgan fingerprint density at radius 2 is 1.62 bits per heavy atom. The predicted molar refractivity (Wildman–Crippen MR) is 157 cm³/mol. The Morgan fingerprint density at radius 3 is 2.23 bits per heavy atom. The molecule has 0 aliphatic heterocycles. The SMILES string of the molecule is CCNC(=O)[C@H](CC)N(Cc1ccccc1Cl)C(=O)CN(c1cc(Cl)ccc1C)S(=O)(=O)c1ccc(C)cc1. The van der Waals surface area contributed by atoms with Gasteiger partial charge in [-0.2, -0.15) is 0 Å². The first-order valence-electron chi connectivity index (χ1n) is 12.7. The standard InChI is InChI=1S/C29H33Cl2N3O4S/c1-5-26(29(36)32-6-2)33(18-22-9-7-8-10-25(22)31)28(35)19-34(27-17-23(30)14-13-21(27)4)39(37,38)24-15-11-20(3)12-16-24/h7-17,26H,5-6,18-19H2,1-4H3,(H,32,36)/t26-/m0/s1. The number of nitrogens with zero attached hydrogens (tertiary/aromatic N) is 2. The highest BCUT2D eigenvalue weighted by Crippen LogP contribution is 2.30. The van der Waals surface area contributed by atoms with Crippen LogP contribution < -0.4 is 9.62 Å². The van der Waals surface area contributed by atoms with E-state index < -0.39 is 28.5 Å². The van der Waals surface area contributed by atoms with Gasteiger partial charge in [-0.3, -0.25) is 13.9 Å². The summed E-state index contributed by atoms with van der Waals surface area (Å²) in [6.45, 7) is 7.08. The van der Waals surface area contributed by atoms with Gasteiger partial charge in [-0.05, 0) is 68.7 Å². The van der Waals surface area contributed by atoms with Crippen molar-refractivity contribution in [2.24, 2.45) is 0 Å². The molecule has 0 radical (unpaired) electrons. The van der Waals surface area contributed by atoms with Gasteiger partial charge in [0.15, 0.2) is 0 Å². The van der Waals surface area contributed by atoms with Gasteiger partial charge < -0.3 is 10.2 Å². The molecule has 3 aromatic carbocycles. The number of benzene rings is 3. The second-order valence-corrected chi connectivity index (χ2v) is 11.9. The summed E-state index contributed by atoms with van der Waals surface area (Å²) in [5.74, 6) is -0.879. The Balaban J connectivity index is 2.12. The van der Waals surface area contributed by atoms with Crippen LogP contribution >= 0.6 is 23.2 Å². The Bertz CT molecular complexity index is 1430. The van der Waals surface area contributed by atoms with Crippen molar-refractivity contribution < 1.29 is 18.0 Å². The van der Waals surface area contributed by atoms with Crippen molar-refractivity contribution in [2.75, 3.05) is 17.4 Å². The van der Waals surface area contributed by atoms with Crippen LogP contribution in [0.1, 0.15) is 37.0 Å². The van der Waals surface area contributed by atoms with E-state index in [2.05, 4.69) is 5.32 Å². The third-order valence-corrected chi connectivity index (χ3v) is 8.74. The van der Waals surface area contributed by atoms with E-state index in [0.717, 1.165) is 9.87 Å². The normalized spacial score (nSPS) is 12.1. The second kappa shape index (κ2) is 13.3. The summed E-state index contributed by atoms with van der Waals surface area (Å²) in [7, 11) is -4.18. The molecule has 3 rings (SSSR count). The average Bonchev–Trinajstić information content (AvgIpc) is 2.90. The molecule has 0 spiro atoms. The van der Waals surface area contributed by atoms with E-state index in [1.54, 1.807) is 69.3 Å². The molecule has 3 aromatic rings. The topological polar surface area (TPSA) is 86.8 Å². The molecule has 0 saturated carbocycles. The van der Waals surface area contributed by atoms with Crippen LogP contribution in [0.5, 0.6) is 0 Å². The number of likely N-dealkylation sites (N-methyl/N-ethyl adjacent to an activating group) is 1. The minimum Gasteiger partial charge on any atom is -0.355 e. The Morgan fingerprint density at radius 1 is 0.949 bits per heavy atom. The van der Waals surface area contributed by atoms with Crippen molar-refractivity contribution in [3.8, 4) is 0 Å². The number of halogens is 2. The van der Waals surface area contributed by atoms with E-state index in [9.17, 15) is 18.0 Å². The highest BCUT2D eigenvalue weighted by Gasteiger charge is 2.34. The fraction of sp³-hybridized carbons (Fsp3) is 0.310. The summed E-state index contributed by atoms with van der Waals surface area (Å²) in [5, 5.41) is 3.55. The molecular weight excluding hydrogens is 557 g/mol. The van der Waals surface area contributed by atoms with Crippen molar-refractivity contribution in [1.82, 2.24) is 10.2 Å². The predicted octanol–water partition coefficient (Wildman–Crippen LogP) is 5.75. The molecule has 2 amide bonds. The van der Waals surface area contributed by atoms with Crippen LogP contribution in [0.2, 0.25) is 10.0 Å². The summed E-state index contributed by atoms with van der Waals surface area (Å²) in [4.78, 5) is 28.5. The Kier molecular flexibility index (Phi) is 10.4. The Hall–Kier alpha value is -3.07. The van der Waals surface area contributed by atoms with Gasteiger partial charge in [-0.15, -0.1) is 0 Å². The van der Waals surface area contributed by atoms with Gasteiger partial charge in [-0.25, -0.2) is 8.42 Å². The fourth-order valence-electron chi connectivity index (χ4n) is 4.22. The van der Waals surface area contributed by atoms with Gasteiger partial charge in [0.05, 0.1) is 10.6 Å². The number of rotatable bonds is 11. The van der Waals surface area contributed by atoms with Gasteiger partial charge in [0.1, 0.15) is 12.6 Å². The lowest BCUT2D eigenvalue weighted by atomic mass is 10.1. The lowest BCUT2D eigenvalue weighted by molar-refractivity contribution is -0.140. The van der Waals surface area contributed by atoms with E-state index in [0.29, 0.717) is 34.1 Å². The van der Waals surface area contributed by atoms with Gasteiger partial charge in [0.25, 0.3) is 10.0 Å². The number of hydrogen-bond acceptors (Lipinski definition) is 4. The number of amides is 2. The molecule has 1 atom stereocenters. The minimum atomic E-state index is -4.18. The highest BCUT2D eigenvalue weighted by molar-refractivity contribution is 7.92. The number of hydrogen-bond donors (Lipinski definition) is 1. The molecule has 0 unspecified atom stereocenters. The quantitative estimate of drug-likeness (QED) is 0.308. The molecule has 0 saturated heterocycles. The maximum absolute atomic E-state index is 14.0. The molecule has 0 aliphatic rings. The van der Waals surface area contributed by atoms with Crippen molar-refractivity contribution in [1.29, 1.82) is 0 Å². The molecule has 10 heteroatoms. The van der Waals surface area contributed by atoms with Crippen LogP contribution in [0.25, 0.3) is 0 Å². The largest absolute Gasteiger partial charge is 0.355 e. The van der Waals surface area contributed by atoms with Crippen LogP contribution in [-0.4, -0.2) is 44.3 Å². The van der Waals surface area contributed by atoms with Crippen LogP contribution in [0.4, 0.5) is 5.69 Å². The highest BCUT2D eigenvalue weighted by atomic mass is 35.5. The van der Waals surface area contributed by atoms with E-state index >= 15 is 0 Å². The van der Waals surface area contributed by atoms with Crippen molar-refractivity contribution in [2.45, 2.75) is 51.6 Å². The number of nitrogens with one attached hydrogen (secondary N) is 1. The summed E-state index contributed by atoms with van der Waals surface area (Å²) in [6, 6.07) is 17.5. The van der Waals surface area contributed by atoms with Crippen molar-refractivity contribution >= 4 is 50.7 Å². The summed E-state index contributed by atoms with van der Waals surface area (Å²) in [6.07, 6.45) is 0.322. The van der Waals surface area contributed by atoms with Crippen molar-refractivity contribution in [3.63, 3.8) is 0 Å². The number of carbonyl (C=O) groups is 2. The number of anilines is 1. The number of carbonyl (C=O) groups excluding carboxylic acids is 2. The monoisotopic (exact) mass is 589 g/mol. The minimum absolute atomic E-state index is 0.0289. The van der Waals surface area contributed by atoms with Crippen molar-refractivity contribution in [3.05, 3.63) is 93.5 Å².